The summed E-state index contributed by atoms with van der Waals surface area (Å²) in [5.74, 6) is 0.112. The van der Waals surface area contributed by atoms with E-state index < -0.39 is 21.1 Å². The lowest BCUT2D eigenvalue weighted by atomic mass is 10.1. The standard InChI is InChI=1S/C15H16N2O6S/c1-10-4-3-5-13(11(10)2)22-9-14(18)17-16-8-12-6-7-15(23-12)24(19,20)21/h3-8H,9H2,1-2H3,(H,17,18)(H,19,20,21)/p-1. The summed E-state index contributed by atoms with van der Waals surface area (Å²) in [4.78, 5) is 11.6. The number of hydrogen-bond acceptors (Lipinski definition) is 7. The maximum absolute atomic E-state index is 11.6. The molecule has 0 saturated heterocycles. The van der Waals surface area contributed by atoms with Gasteiger partial charge in [0.25, 0.3) is 5.91 Å². The molecular weight excluding hydrogens is 336 g/mol. The zero-order valence-corrected chi connectivity index (χ0v) is 13.8. The number of benzene rings is 1. The fourth-order valence-electron chi connectivity index (χ4n) is 1.76. The van der Waals surface area contributed by atoms with Crippen molar-refractivity contribution in [1.29, 1.82) is 0 Å². The summed E-state index contributed by atoms with van der Waals surface area (Å²) in [5.41, 5.74) is 4.19. The van der Waals surface area contributed by atoms with Crippen molar-refractivity contribution >= 4 is 22.2 Å². The van der Waals surface area contributed by atoms with Crippen molar-refractivity contribution in [2.24, 2.45) is 5.10 Å². The fourth-order valence-corrected chi connectivity index (χ4v) is 2.20. The summed E-state index contributed by atoms with van der Waals surface area (Å²) in [7, 11) is -4.66. The molecule has 0 unspecified atom stereocenters. The highest BCUT2D eigenvalue weighted by Gasteiger charge is 2.07. The Balaban J connectivity index is 1.87. The summed E-state index contributed by atoms with van der Waals surface area (Å²) in [5, 5.41) is 2.88. The lowest BCUT2D eigenvalue weighted by Crippen LogP contribution is -2.24. The molecule has 24 heavy (non-hydrogen) atoms. The third-order valence-electron chi connectivity index (χ3n) is 3.14. The van der Waals surface area contributed by atoms with Crippen LogP contribution < -0.4 is 10.2 Å². The van der Waals surface area contributed by atoms with Gasteiger partial charge in [-0.15, -0.1) is 0 Å². The van der Waals surface area contributed by atoms with E-state index in [-0.39, 0.29) is 12.4 Å². The summed E-state index contributed by atoms with van der Waals surface area (Å²) < 4.78 is 42.3. The Hall–Kier alpha value is -2.65. The number of carbonyl (C=O) groups is 1. The molecule has 0 spiro atoms. The largest absolute Gasteiger partial charge is 0.742 e. The first-order chi connectivity index (χ1) is 11.3. The number of carbonyl (C=O) groups excluding carboxylic acids is 1. The van der Waals surface area contributed by atoms with Gasteiger partial charge in [0, 0.05) is 0 Å². The van der Waals surface area contributed by atoms with Gasteiger partial charge in [-0.25, -0.2) is 13.8 Å². The Morgan fingerprint density at radius 2 is 2.08 bits per heavy atom. The molecule has 0 atom stereocenters. The highest BCUT2D eigenvalue weighted by Crippen LogP contribution is 2.20. The second-order valence-corrected chi connectivity index (χ2v) is 6.20. The molecule has 1 amide bonds. The molecule has 0 saturated carbocycles. The second-order valence-electron chi connectivity index (χ2n) is 4.89. The van der Waals surface area contributed by atoms with Crippen LogP contribution in [0.15, 0.2) is 44.9 Å². The van der Waals surface area contributed by atoms with Crippen molar-refractivity contribution in [2.45, 2.75) is 18.9 Å². The number of furan rings is 1. The van der Waals surface area contributed by atoms with Gasteiger partial charge in [0.2, 0.25) is 5.09 Å². The number of rotatable bonds is 6. The van der Waals surface area contributed by atoms with Crippen molar-refractivity contribution in [1.82, 2.24) is 5.43 Å². The van der Waals surface area contributed by atoms with Gasteiger partial charge in [-0.3, -0.25) is 4.79 Å². The van der Waals surface area contributed by atoms with Gasteiger partial charge in [0.15, 0.2) is 16.7 Å². The molecule has 1 heterocycles. The maximum atomic E-state index is 11.6. The number of hydrazone groups is 1. The first-order valence-corrected chi connectivity index (χ1v) is 8.25. The quantitative estimate of drug-likeness (QED) is 0.476. The molecule has 0 aliphatic rings. The summed E-state index contributed by atoms with van der Waals surface area (Å²) >= 11 is 0. The monoisotopic (exact) mass is 351 g/mol. The molecule has 1 N–H and O–H groups in total. The molecule has 2 rings (SSSR count). The van der Waals surface area contributed by atoms with E-state index in [1.165, 1.54) is 6.07 Å². The van der Waals surface area contributed by atoms with Crippen molar-refractivity contribution in [3.63, 3.8) is 0 Å². The fraction of sp³-hybridized carbons (Fsp3) is 0.200. The van der Waals surface area contributed by atoms with Crippen LogP contribution in [0.3, 0.4) is 0 Å². The van der Waals surface area contributed by atoms with E-state index in [1.807, 2.05) is 26.0 Å². The molecule has 8 nitrogen and oxygen atoms in total. The molecule has 128 valence electrons. The van der Waals surface area contributed by atoms with E-state index in [4.69, 9.17) is 9.15 Å². The van der Waals surface area contributed by atoms with E-state index in [1.54, 1.807) is 6.07 Å². The lowest BCUT2D eigenvalue weighted by Gasteiger charge is -2.09. The number of ether oxygens (including phenoxy) is 1. The Kier molecular flexibility index (Phi) is 5.37. The Bertz CT molecular complexity index is 870. The topological polar surface area (TPSA) is 121 Å². The van der Waals surface area contributed by atoms with Crippen LogP contribution in [-0.2, 0) is 14.9 Å². The van der Waals surface area contributed by atoms with Crippen LogP contribution in [0.2, 0.25) is 0 Å². The minimum Gasteiger partial charge on any atom is -0.742 e. The first-order valence-electron chi connectivity index (χ1n) is 6.84. The molecule has 0 aliphatic heterocycles. The zero-order valence-electron chi connectivity index (χ0n) is 13.0. The SMILES string of the molecule is Cc1cccc(OCC(=O)NN=Cc2ccc(S(=O)(=O)[O-])o2)c1C. The molecule has 2 aromatic rings. The van der Waals surface area contributed by atoms with Crippen LogP contribution in [0.1, 0.15) is 16.9 Å². The third kappa shape index (κ3) is 4.67. The minimum absolute atomic E-state index is 0.0140. The molecule has 1 aromatic carbocycles. The van der Waals surface area contributed by atoms with Crippen molar-refractivity contribution in [2.75, 3.05) is 6.61 Å². The molecule has 0 bridgehead atoms. The maximum Gasteiger partial charge on any atom is 0.277 e. The average Bonchev–Trinajstić information content (AvgIpc) is 2.98. The molecule has 1 aromatic heterocycles. The van der Waals surface area contributed by atoms with E-state index in [2.05, 4.69) is 10.5 Å². The number of hydrogen-bond donors (Lipinski definition) is 1. The van der Waals surface area contributed by atoms with Crippen LogP contribution in [0.4, 0.5) is 0 Å². The van der Waals surface area contributed by atoms with Gasteiger partial charge in [-0.1, -0.05) is 12.1 Å². The van der Waals surface area contributed by atoms with Crippen LogP contribution in [0.25, 0.3) is 0 Å². The number of nitrogens with zero attached hydrogens (tertiary/aromatic N) is 1. The van der Waals surface area contributed by atoms with Gasteiger partial charge in [-0.05, 0) is 43.2 Å². The van der Waals surface area contributed by atoms with E-state index >= 15 is 0 Å². The van der Waals surface area contributed by atoms with Crippen LogP contribution >= 0.6 is 0 Å². The third-order valence-corrected chi connectivity index (χ3v) is 3.86. The lowest BCUT2D eigenvalue weighted by molar-refractivity contribution is -0.123. The normalized spacial score (nSPS) is 11.6. The molecule has 9 heteroatoms. The van der Waals surface area contributed by atoms with E-state index in [0.29, 0.717) is 5.75 Å². The Labute approximate surface area is 138 Å². The summed E-state index contributed by atoms with van der Waals surface area (Å²) in [6, 6.07) is 7.77. The van der Waals surface area contributed by atoms with Gasteiger partial charge >= 0.3 is 0 Å². The molecular formula is C15H15N2O6S-. The predicted molar refractivity (Wildman–Crippen MR) is 83.8 cm³/mol. The summed E-state index contributed by atoms with van der Waals surface area (Å²) in [6.07, 6.45) is 1.07. The molecule has 0 aliphatic carbocycles. The first kappa shape index (κ1) is 17.7. The molecule has 0 fully saturated rings. The van der Waals surface area contributed by atoms with E-state index in [0.717, 1.165) is 23.4 Å². The van der Waals surface area contributed by atoms with Crippen LogP contribution in [0.5, 0.6) is 5.75 Å². The van der Waals surface area contributed by atoms with Crippen molar-refractivity contribution in [3.05, 3.63) is 47.2 Å². The highest BCUT2D eigenvalue weighted by atomic mass is 32.2. The summed E-state index contributed by atoms with van der Waals surface area (Å²) in [6.45, 7) is 3.59. The van der Waals surface area contributed by atoms with Crippen molar-refractivity contribution in [3.8, 4) is 5.75 Å². The Morgan fingerprint density at radius 1 is 1.33 bits per heavy atom. The minimum atomic E-state index is -4.66. The second kappa shape index (κ2) is 7.28. The smallest absolute Gasteiger partial charge is 0.277 e. The van der Waals surface area contributed by atoms with Gasteiger partial charge in [0.1, 0.15) is 11.5 Å². The van der Waals surface area contributed by atoms with Gasteiger partial charge < -0.3 is 13.7 Å². The number of amides is 1. The van der Waals surface area contributed by atoms with Crippen LogP contribution in [-0.4, -0.2) is 31.7 Å². The predicted octanol–water partition coefficient (Wildman–Crippen LogP) is 1.33. The Morgan fingerprint density at radius 3 is 2.75 bits per heavy atom. The van der Waals surface area contributed by atoms with Gasteiger partial charge in [-0.2, -0.15) is 5.10 Å². The zero-order chi connectivity index (χ0) is 17.7. The van der Waals surface area contributed by atoms with E-state index in [9.17, 15) is 17.8 Å². The highest BCUT2D eigenvalue weighted by molar-refractivity contribution is 7.85. The number of aryl methyl sites for hydroxylation is 1. The number of nitrogens with one attached hydrogen (secondary N) is 1. The average molecular weight is 351 g/mol. The van der Waals surface area contributed by atoms with Crippen LogP contribution in [0, 0.1) is 13.8 Å². The van der Waals surface area contributed by atoms with Crippen molar-refractivity contribution < 1.29 is 26.9 Å². The van der Waals surface area contributed by atoms with Gasteiger partial charge in [0.05, 0.1) is 6.21 Å². The molecule has 0 radical (unpaired) electrons.